The summed E-state index contributed by atoms with van der Waals surface area (Å²) in [5, 5.41) is 0.477. The van der Waals surface area contributed by atoms with Crippen molar-refractivity contribution < 1.29 is 23.8 Å². The summed E-state index contributed by atoms with van der Waals surface area (Å²) in [5.74, 6) is 2.75. The summed E-state index contributed by atoms with van der Waals surface area (Å²) in [4.78, 5) is 25.8. The van der Waals surface area contributed by atoms with Crippen LogP contribution >= 0.6 is 15.9 Å². The first-order valence-corrected chi connectivity index (χ1v) is 14.9. The first kappa shape index (κ1) is 26.4. The number of halogens is 1. The predicted molar refractivity (Wildman–Crippen MR) is 142 cm³/mol. The number of carbonyl (C=O) groups is 2. The van der Waals surface area contributed by atoms with Crippen LogP contribution < -0.4 is 0 Å². The Kier molecular flexibility index (Phi) is 7.69. The molecular weight excluding hydrogens is 520 g/mol. The second-order valence-corrected chi connectivity index (χ2v) is 12.9. The Morgan fingerprint density at radius 3 is 2.44 bits per heavy atom. The molecule has 9 unspecified atom stereocenters. The second kappa shape index (κ2) is 10.5. The number of methoxy groups -OCH3 is 1. The number of fused-ring (bicyclic) bond motifs is 5. The van der Waals surface area contributed by atoms with E-state index < -0.39 is 0 Å². The number of ketones is 1. The fourth-order valence-electron chi connectivity index (χ4n) is 9.09. The largest absolute Gasteiger partial charge is 0.456 e. The summed E-state index contributed by atoms with van der Waals surface area (Å²) in [6.45, 7) is 5.08. The van der Waals surface area contributed by atoms with Gasteiger partial charge in [-0.25, -0.2) is 4.79 Å². The fraction of sp³-hybridized carbons (Fsp3) is 0.733. The van der Waals surface area contributed by atoms with Crippen LogP contribution in [0.15, 0.2) is 30.3 Å². The van der Waals surface area contributed by atoms with E-state index in [2.05, 4.69) is 29.8 Å². The highest BCUT2D eigenvalue weighted by Crippen LogP contribution is 2.67. The molecule has 9 atom stereocenters. The van der Waals surface area contributed by atoms with Crippen molar-refractivity contribution in [2.45, 2.75) is 77.4 Å². The monoisotopic (exact) mass is 560 g/mol. The molecule has 1 aromatic rings. The maximum atomic E-state index is 13.1. The van der Waals surface area contributed by atoms with Gasteiger partial charge in [0.2, 0.25) is 0 Å². The van der Waals surface area contributed by atoms with Crippen LogP contribution in [-0.2, 0) is 19.0 Å². The standard InChI is InChI=1S/C30H41BrO5/c1-29-14-13-23-21(22(29)11-12-24(29)25(32)17-31)10-9-20-15-26(35-18-34-3)27(16-30(20,23)2)36-28(33)19-7-5-4-6-8-19/h4-8,20-24,26-27H,9-18H2,1-3H3. The summed E-state index contributed by atoms with van der Waals surface area (Å²) in [6.07, 6.45) is 8.25. The molecule has 0 saturated heterocycles. The van der Waals surface area contributed by atoms with E-state index in [0.717, 1.165) is 25.7 Å². The number of rotatable bonds is 7. The zero-order chi connectivity index (χ0) is 25.5. The van der Waals surface area contributed by atoms with Gasteiger partial charge in [-0.05, 0) is 98.0 Å². The minimum Gasteiger partial charge on any atom is -0.456 e. The SMILES string of the molecule is COCOC1CC2CCC3C(CCC4(C)C(C(=O)CBr)CCC34)C2(C)CC1OC(=O)c1ccccc1. The van der Waals surface area contributed by atoms with Crippen LogP contribution in [0.4, 0.5) is 0 Å². The lowest BCUT2D eigenvalue weighted by molar-refractivity contribution is -0.190. The number of carbonyl (C=O) groups excluding carboxylic acids is 2. The van der Waals surface area contributed by atoms with Crippen molar-refractivity contribution >= 4 is 27.7 Å². The molecule has 36 heavy (non-hydrogen) atoms. The Labute approximate surface area is 224 Å². The molecule has 198 valence electrons. The van der Waals surface area contributed by atoms with E-state index in [-0.39, 0.29) is 41.7 Å². The van der Waals surface area contributed by atoms with Gasteiger partial charge < -0.3 is 14.2 Å². The van der Waals surface area contributed by atoms with E-state index in [1.54, 1.807) is 7.11 Å². The minimum absolute atomic E-state index is 0.107. The third-order valence-electron chi connectivity index (χ3n) is 10.8. The van der Waals surface area contributed by atoms with Gasteiger partial charge >= 0.3 is 5.97 Å². The molecular formula is C30H41BrO5. The van der Waals surface area contributed by atoms with E-state index in [0.29, 0.717) is 40.3 Å². The Bertz CT molecular complexity index is 952. The van der Waals surface area contributed by atoms with Gasteiger partial charge in [0, 0.05) is 13.0 Å². The molecule has 0 amide bonds. The van der Waals surface area contributed by atoms with Crippen LogP contribution in [0.2, 0.25) is 0 Å². The van der Waals surface area contributed by atoms with Gasteiger partial charge in [-0.15, -0.1) is 0 Å². The number of benzene rings is 1. The van der Waals surface area contributed by atoms with E-state index in [1.165, 1.54) is 25.7 Å². The summed E-state index contributed by atoms with van der Waals surface area (Å²) >= 11 is 3.44. The summed E-state index contributed by atoms with van der Waals surface area (Å²) in [5.41, 5.74) is 0.822. The molecule has 5 nitrogen and oxygen atoms in total. The number of esters is 1. The van der Waals surface area contributed by atoms with Gasteiger partial charge in [-0.1, -0.05) is 48.0 Å². The average molecular weight is 562 g/mol. The fourth-order valence-corrected chi connectivity index (χ4v) is 9.48. The Morgan fingerprint density at radius 1 is 0.972 bits per heavy atom. The second-order valence-electron chi connectivity index (χ2n) is 12.3. The average Bonchev–Trinajstić information content (AvgIpc) is 3.24. The molecule has 0 aliphatic heterocycles. The predicted octanol–water partition coefficient (Wildman–Crippen LogP) is 6.43. The van der Waals surface area contributed by atoms with Crippen LogP contribution in [0.25, 0.3) is 0 Å². The molecule has 0 N–H and O–H groups in total. The van der Waals surface area contributed by atoms with Crippen molar-refractivity contribution in [1.82, 2.24) is 0 Å². The highest BCUT2D eigenvalue weighted by atomic mass is 79.9. The van der Waals surface area contributed by atoms with E-state index in [1.807, 2.05) is 30.3 Å². The molecule has 4 aliphatic carbocycles. The topological polar surface area (TPSA) is 61.8 Å². The van der Waals surface area contributed by atoms with Gasteiger partial charge in [-0.2, -0.15) is 0 Å². The number of hydrogen-bond donors (Lipinski definition) is 0. The molecule has 0 spiro atoms. The molecule has 6 heteroatoms. The van der Waals surface area contributed by atoms with Crippen molar-refractivity contribution in [2.75, 3.05) is 19.2 Å². The van der Waals surface area contributed by atoms with Crippen LogP contribution in [-0.4, -0.2) is 43.2 Å². The first-order chi connectivity index (χ1) is 17.3. The van der Waals surface area contributed by atoms with Crippen molar-refractivity contribution in [3.63, 3.8) is 0 Å². The lowest BCUT2D eigenvalue weighted by atomic mass is 9.44. The molecule has 0 heterocycles. The van der Waals surface area contributed by atoms with Gasteiger partial charge in [0.1, 0.15) is 18.7 Å². The van der Waals surface area contributed by atoms with Gasteiger partial charge in [0.25, 0.3) is 0 Å². The molecule has 4 saturated carbocycles. The van der Waals surface area contributed by atoms with Gasteiger partial charge in [-0.3, -0.25) is 4.79 Å². The van der Waals surface area contributed by atoms with Crippen LogP contribution in [0.1, 0.15) is 75.6 Å². The Hall–Kier alpha value is -1.24. The summed E-state index contributed by atoms with van der Waals surface area (Å²) in [7, 11) is 1.64. The number of alkyl halides is 1. The van der Waals surface area contributed by atoms with Crippen molar-refractivity contribution in [2.24, 2.45) is 40.4 Å². The Morgan fingerprint density at radius 2 is 1.72 bits per heavy atom. The van der Waals surface area contributed by atoms with E-state index in [9.17, 15) is 9.59 Å². The van der Waals surface area contributed by atoms with Crippen molar-refractivity contribution in [1.29, 1.82) is 0 Å². The third-order valence-corrected chi connectivity index (χ3v) is 11.4. The highest BCUT2D eigenvalue weighted by Gasteiger charge is 2.62. The zero-order valence-electron chi connectivity index (χ0n) is 21.9. The van der Waals surface area contributed by atoms with Crippen molar-refractivity contribution in [3.05, 3.63) is 35.9 Å². The van der Waals surface area contributed by atoms with Gasteiger partial charge in [0.05, 0.1) is 17.0 Å². The maximum absolute atomic E-state index is 13.1. The lowest BCUT2D eigenvalue weighted by Crippen LogP contribution is -2.57. The van der Waals surface area contributed by atoms with E-state index >= 15 is 0 Å². The quantitative estimate of drug-likeness (QED) is 0.218. The van der Waals surface area contributed by atoms with Gasteiger partial charge in [0.15, 0.2) is 0 Å². The summed E-state index contributed by atoms with van der Waals surface area (Å²) in [6, 6.07) is 9.26. The number of hydrogen-bond acceptors (Lipinski definition) is 5. The maximum Gasteiger partial charge on any atom is 0.338 e. The molecule has 0 aromatic heterocycles. The third kappa shape index (κ3) is 4.49. The van der Waals surface area contributed by atoms with Crippen LogP contribution in [0.5, 0.6) is 0 Å². The molecule has 5 rings (SSSR count). The molecule has 1 aromatic carbocycles. The number of Topliss-reactive ketones (excluding diaryl/α,β-unsaturated/α-hetero) is 1. The van der Waals surface area contributed by atoms with E-state index in [4.69, 9.17) is 14.2 Å². The van der Waals surface area contributed by atoms with Crippen LogP contribution in [0.3, 0.4) is 0 Å². The smallest absolute Gasteiger partial charge is 0.338 e. The normalized spacial score (nSPS) is 41.6. The van der Waals surface area contributed by atoms with Crippen LogP contribution in [0, 0.1) is 40.4 Å². The highest BCUT2D eigenvalue weighted by molar-refractivity contribution is 9.09. The lowest BCUT2D eigenvalue weighted by Gasteiger charge is -2.61. The Balaban J connectivity index is 1.38. The van der Waals surface area contributed by atoms with Crippen molar-refractivity contribution in [3.8, 4) is 0 Å². The molecule has 0 radical (unpaired) electrons. The first-order valence-electron chi connectivity index (χ1n) is 13.8. The zero-order valence-corrected chi connectivity index (χ0v) is 23.5. The minimum atomic E-state index is -0.285. The molecule has 4 aliphatic rings. The molecule has 0 bridgehead atoms. The molecule has 4 fully saturated rings. The number of ether oxygens (including phenoxy) is 3. The summed E-state index contributed by atoms with van der Waals surface area (Å²) < 4.78 is 17.5.